The van der Waals surface area contributed by atoms with Crippen molar-refractivity contribution in [3.8, 4) is 0 Å². The summed E-state index contributed by atoms with van der Waals surface area (Å²) in [7, 11) is 0. The number of halogens is 2. The smallest absolute Gasteiger partial charge is 0.195 e. The molecule has 0 fully saturated rings. The van der Waals surface area contributed by atoms with E-state index in [1.54, 1.807) is 48.5 Å². The first-order valence-electron chi connectivity index (χ1n) is 10.3. The topological polar surface area (TPSA) is 68.3 Å². The van der Waals surface area contributed by atoms with Crippen LogP contribution in [0, 0.1) is 0 Å². The molecule has 4 aromatic carbocycles. The Morgan fingerprint density at radius 3 is 1.21 bits per heavy atom. The van der Waals surface area contributed by atoms with Gasteiger partial charge in [-0.2, -0.15) is 0 Å². The van der Waals surface area contributed by atoms with Gasteiger partial charge in [-0.1, -0.05) is 83.9 Å². The third-order valence-corrected chi connectivity index (χ3v) is 6.46. The summed E-state index contributed by atoms with van der Waals surface area (Å²) in [5.41, 5.74) is 0.761. The minimum absolute atomic E-state index is 0.00672. The second-order valence-electron chi connectivity index (χ2n) is 7.73. The third kappa shape index (κ3) is 3.39. The maximum absolute atomic E-state index is 13.6. The average Bonchev–Trinajstić information content (AvgIpc) is 2.86. The van der Waals surface area contributed by atoms with Crippen molar-refractivity contribution in [1.82, 2.24) is 0 Å². The average molecular weight is 485 g/mol. The molecule has 0 spiro atoms. The zero-order chi connectivity index (χ0) is 24.0. The Balaban J connectivity index is 1.68. The highest BCUT2D eigenvalue weighted by molar-refractivity contribution is 6.38. The molecule has 0 aromatic heterocycles. The maximum atomic E-state index is 13.6. The minimum Gasteiger partial charge on any atom is -0.289 e. The summed E-state index contributed by atoms with van der Waals surface area (Å²) in [4.78, 5) is 53.8. The number of ketones is 4. The molecule has 6 heteroatoms. The first-order valence-corrected chi connectivity index (χ1v) is 11.1. The van der Waals surface area contributed by atoms with E-state index < -0.39 is 23.1 Å². The zero-order valence-corrected chi connectivity index (χ0v) is 19.0. The standard InChI is InChI=1S/C28H14Cl2O4/c29-21-13-3-1-7-15(21)25(31)17-9-5-11-19-23(17)27(33)20-12-6-10-18(24(20)28(19)34)26(32)16-8-2-4-14-22(16)30/h1-14H. The summed E-state index contributed by atoms with van der Waals surface area (Å²) in [6, 6.07) is 22.1. The molecule has 164 valence electrons. The Hall–Kier alpha value is -3.86. The molecule has 5 rings (SSSR count). The maximum Gasteiger partial charge on any atom is 0.195 e. The first-order chi connectivity index (χ1) is 16.4. The lowest BCUT2D eigenvalue weighted by atomic mass is 9.78. The molecule has 1 aliphatic rings. The minimum atomic E-state index is -0.505. The van der Waals surface area contributed by atoms with E-state index in [2.05, 4.69) is 0 Å². The lowest BCUT2D eigenvalue weighted by Crippen LogP contribution is -2.26. The predicted octanol–water partition coefficient (Wildman–Crippen LogP) is 6.23. The van der Waals surface area contributed by atoms with Crippen LogP contribution in [0.2, 0.25) is 10.0 Å². The van der Waals surface area contributed by atoms with Crippen LogP contribution in [0.3, 0.4) is 0 Å². The highest BCUT2D eigenvalue weighted by atomic mass is 35.5. The normalized spacial score (nSPS) is 12.2. The molecule has 34 heavy (non-hydrogen) atoms. The summed E-state index contributed by atoms with van der Waals surface area (Å²) in [5, 5.41) is 0.487. The van der Waals surface area contributed by atoms with Crippen LogP contribution in [0.25, 0.3) is 0 Å². The second-order valence-corrected chi connectivity index (χ2v) is 8.55. The van der Waals surface area contributed by atoms with Crippen LogP contribution in [-0.2, 0) is 0 Å². The predicted molar refractivity (Wildman–Crippen MR) is 130 cm³/mol. The van der Waals surface area contributed by atoms with Gasteiger partial charge in [-0.05, 0) is 24.3 Å². The molecule has 0 radical (unpaired) electrons. The Morgan fingerprint density at radius 1 is 0.471 bits per heavy atom. The van der Waals surface area contributed by atoms with Gasteiger partial charge in [0.15, 0.2) is 23.1 Å². The monoisotopic (exact) mass is 484 g/mol. The first kappa shape index (κ1) is 22.0. The van der Waals surface area contributed by atoms with Crippen molar-refractivity contribution in [2.45, 2.75) is 0 Å². The van der Waals surface area contributed by atoms with Gasteiger partial charge < -0.3 is 0 Å². The summed E-state index contributed by atoms with van der Waals surface area (Å²) >= 11 is 12.4. The molecular formula is C28H14Cl2O4. The van der Waals surface area contributed by atoms with E-state index in [1.165, 1.54) is 36.4 Å². The number of benzene rings is 4. The summed E-state index contributed by atoms with van der Waals surface area (Å²) in [5.74, 6) is -1.94. The summed E-state index contributed by atoms with van der Waals surface area (Å²) in [6.07, 6.45) is 0. The molecule has 1 aliphatic carbocycles. The molecule has 0 saturated heterocycles. The molecule has 0 amide bonds. The molecule has 0 N–H and O–H groups in total. The Bertz CT molecular complexity index is 1440. The fraction of sp³-hybridized carbons (Fsp3) is 0. The van der Waals surface area contributed by atoms with Crippen LogP contribution in [0.5, 0.6) is 0 Å². The molecule has 0 aliphatic heterocycles. The van der Waals surface area contributed by atoms with E-state index >= 15 is 0 Å². The van der Waals surface area contributed by atoms with E-state index in [9.17, 15) is 19.2 Å². The van der Waals surface area contributed by atoms with Gasteiger partial charge in [-0.3, -0.25) is 19.2 Å². The molecule has 0 unspecified atom stereocenters. The van der Waals surface area contributed by atoms with Crippen molar-refractivity contribution >= 4 is 46.3 Å². The number of fused-ring (bicyclic) bond motifs is 2. The molecular weight excluding hydrogens is 471 g/mol. The van der Waals surface area contributed by atoms with E-state index in [-0.39, 0.29) is 54.6 Å². The Labute approximate surface area is 204 Å². The van der Waals surface area contributed by atoms with Crippen molar-refractivity contribution in [1.29, 1.82) is 0 Å². The van der Waals surface area contributed by atoms with E-state index in [0.29, 0.717) is 0 Å². The number of hydrogen-bond acceptors (Lipinski definition) is 4. The van der Waals surface area contributed by atoms with E-state index in [0.717, 1.165) is 0 Å². The van der Waals surface area contributed by atoms with Gasteiger partial charge in [0.25, 0.3) is 0 Å². The van der Waals surface area contributed by atoms with Crippen molar-refractivity contribution in [3.05, 3.63) is 139 Å². The number of carbonyl (C=O) groups is 4. The van der Waals surface area contributed by atoms with Gasteiger partial charge in [-0.15, -0.1) is 0 Å². The van der Waals surface area contributed by atoms with Crippen molar-refractivity contribution in [2.24, 2.45) is 0 Å². The van der Waals surface area contributed by atoms with Crippen molar-refractivity contribution in [2.75, 3.05) is 0 Å². The second kappa shape index (κ2) is 8.49. The number of rotatable bonds is 4. The van der Waals surface area contributed by atoms with Gasteiger partial charge in [-0.25, -0.2) is 0 Å². The largest absolute Gasteiger partial charge is 0.289 e. The molecule has 0 atom stereocenters. The van der Waals surface area contributed by atoms with Crippen LogP contribution < -0.4 is 0 Å². The lowest BCUT2D eigenvalue weighted by Gasteiger charge is -2.22. The lowest BCUT2D eigenvalue weighted by molar-refractivity contribution is 0.0964. The highest BCUT2D eigenvalue weighted by Crippen LogP contribution is 2.34. The van der Waals surface area contributed by atoms with Gasteiger partial charge in [0, 0.05) is 44.5 Å². The van der Waals surface area contributed by atoms with Gasteiger partial charge in [0.2, 0.25) is 0 Å². The van der Waals surface area contributed by atoms with Crippen LogP contribution >= 0.6 is 23.2 Å². The SMILES string of the molecule is O=C(c1ccccc1Cl)c1cccc2c1C(=O)c1cccc(C(=O)c3ccccc3Cl)c1C2=O. The van der Waals surface area contributed by atoms with Gasteiger partial charge >= 0.3 is 0 Å². The molecule has 0 bridgehead atoms. The molecule has 4 nitrogen and oxygen atoms in total. The Morgan fingerprint density at radius 2 is 0.824 bits per heavy atom. The van der Waals surface area contributed by atoms with E-state index in [4.69, 9.17) is 23.2 Å². The number of hydrogen-bond donors (Lipinski definition) is 0. The van der Waals surface area contributed by atoms with E-state index in [1.807, 2.05) is 0 Å². The fourth-order valence-corrected chi connectivity index (χ4v) is 4.64. The fourth-order valence-electron chi connectivity index (χ4n) is 4.20. The highest BCUT2D eigenvalue weighted by Gasteiger charge is 2.36. The van der Waals surface area contributed by atoms with Crippen LogP contribution in [0.1, 0.15) is 63.7 Å². The third-order valence-electron chi connectivity index (χ3n) is 5.80. The molecule has 4 aromatic rings. The van der Waals surface area contributed by atoms with Gasteiger partial charge in [0.05, 0.1) is 10.0 Å². The molecule has 0 heterocycles. The Kier molecular flexibility index (Phi) is 5.48. The van der Waals surface area contributed by atoms with Crippen molar-refractivity contribution in [3.63, 3.8) is 0 Å². The summed E-state index contributed by atoms with van der Waals surface area (Å²) in [6.45, 7) is 0. The van der Waals surface area contributed by atoms with Crippen molar-refractivity contribution < 1.29 is 19.2 Å². The molecule has 0 saturated carbocycles. The number of carbonyl (C=O) groups excluding carboxylic acids is 4. The van der Waals surface area contributed by atoms with Crippen LogP contribution in [0.15, 0.2) is 84.9 Å². The zero-order valence-electron chi connectivity index (χ0n) is 17.5. The summed E-state index contributed by atoms with van der Waals surface area (Å²) < 4.78 is 0. The van der Waals surface area contributed by atoms with Crippen LogP contribution in [0.4, 0.5) is 0 Å². The van der Waals surface area contributed by atoms with Crippen LogP contribution in [-0.4, -0.2) is 23.1 Å². The van der Waals surface area contributed by atoms with Gasteiger partial charge in [0.1, 0.15) is 0 Å². The quantitative estimate of drug-likeness (QED) is 0.283.